The summed E-state index contributed by atoms with van der Waals surface area (Å²) in [5, 5.41) is 2.86. The van der Waals surface area contributed by atoms with E-state index in [0.717, 1.165) is 32.2 Å². The first-order chi connectivity index (χ1) is 16.4. The number of aryl methyl sites for hydroxylation is 2. The van der Waals surface area contributed by atoms with Crippen LogP contribution in [0.1, 0.15) is 16.7 Å². The molecule has 34 heavy (non-hydrogen) atoms. The molecule has 6 nitrogen and oxygen atoms in total. The molecule has 0 radical (unpaired) electrons. The maximum atomic E-state index is 12.9. The molecule has 0 saturated carbocycles. The van der Waals surface area contributed by atoms with Crippen LogP contribution in [0.4, 0.5) is 5.69 Å². The lowest BCUT2D eigenvalue weighted by Gasteiger charge is -2.11. The molecule has 0 aliphatic heterocycles. The first-order valence-corrected chi connectivity index (χ1v) is 12.2. The maximum Gasteiger partial charge on any atom is 0.274 e. The average molecular weight is 534 g/mol. The molecule has 2 aromatic heterocycles. The van der Waals surface area contributed by atoms with Crippen molar-refractivity contribution in [3.8, 4) is 5.75 Å². The topological polar surface area (TPSA) is 72.7 Å². The van der Waals surface area contributed by atoms with Crippen molar-refractivity contribution in [3.05, 3.63) is 96.7 Å². The Morgan fingerprint density at radius 3 is 2.65 bits per heavy atom. The van der Waals surface area contributed by atoms with Crippen LogP contribution in [0.3, 0.4) is 0 Å². The van der Waals surface area contributed by atoms with Gasteiger partial charge in [-0.1, -0.05) is 35.6 Å². The van der Waals surface area contributed by atoms with Gasteiger partial charge in [0.2, 0.25) is 0 Å². The molecule has 0 spiro atoms. The van der Waals surface area contributed by atoms with E-state index in [2.05, 4.69) is 26.2 Å². The minimum Gasteiger partial charge on any atom is -0.484 e. The zero-order valence-electron chi connectivity index (χ0n) is 18.5. The molecule has 5 aromatic rings. The molecule has 170 valence electrons. The number of carbonyl (C=O) groups excluding carboxylic acids is 1. The van der Waals surface area contributed by atoms with Gasteiger partial charge in [-0.05, 0) is 88.9 Å². The summed E-state index contributed by atoms with van der Waals surface area (Å²) in [7, 11) is 0. The number of ether oxygens (including phenoxy) is 1. The van der Waals surface area contributed by atoms with Crippen molar-refractivity contribution in [1.29, 1.82) is 0 Å². The van der Waals surface area contributed by atoms with Crippen molar-refractivity contribution in [1.82, 2.24) is 9.38 Å². The minimum absolute atomic E-state index is 0.0804. The van der Waals surface area contributed by atoms with Crippen LogP contribution in [0.25, 0.3) is 22.1 Å². The van der Waals surface area contributed by atoms with Crippen LogP contribution in [0, 0.1) is 13.8 Å². The van der Waals surface area contributed by atoms with Gasteiger partial charge in [-0.2, -0.15) is 0 Å². The fraction of sp³-hybridized carbons (Fsp3) is 0.115. The van der Waals surface area contributed by atoms with E-state index in [4.69, 9.17) is 4.74 Å². The Labute approximate surface area is 207 Å². The second kappa shape index (κ2) is 9.04. The van der Waals surface area contributed by atoms with Gasteiger partial charge in [0, 0.05) is 4.47 Å². The summed E-state index contributed by atoms with van der Waals surface area (Å²) in [5.74, 6) is 0.325. The number of amides is 1. The van der Waals surface area contributed by atoms with Crippen LogP contribution in [0.15, 0.2) is 69.9 Å². The van der Waals surface area contributed by atoms with Crippen molar-refractivity contribution < 1.29 is 9.53 Å². The number of nitrogens with zero attached hydrogens (tertiary/aromatic N) is 2. The Morgan fingerprint density at radius 2 is 1.85 bits per heavy atom. The summed E-state index contributed by atoms with van der Waals surface area (Å²) >= 11 is 4.84. The minimum atomic E-state index is -0.246. The molecule has 1 amide bonds. The van der Waals surface area contributed by atoms with E-state index in [0.29, 0.717) is 20.9 Å². The number of aromatic nitrogens is 2. The van der Waals surface area contributed by atoms with E-state index in [1.807, 2.05) is 68.5 Å². The van der Waals surface area contributed by atoms with Gasteiger partial charge in [0.15, 0.2) is 11.6 Å². The van der Waals surface area contributed by atoms with Crippen LogP contribution in [0.2, 0.25) is 0 Å². The number of thiazole rings is 1. The molecule has 0 unspecified atom stereocenters. The van der Waals surface area contributed by atoms with Crippen molar-refractivity contribution >= 4 is 60.9 Å². The van der Waals surface area contributed by atoms with Crippen LogP contribution in [-0.2, 0) is 4.79 Å². The lowest BCUT2D eigenvalue weighted by molar-refractivity contribution is -0.118. The van der Waals surface area contributed by atoms with Gasteiger partial charge in [0.05, 0.1) is 21.3 Å². The van der Waals surface area contributed by atoms with Crippen LogP contribution < -0.4 is 20.1 Å². The Balaban J connectivity index is 1.28. The third kappa shape index (κ3) is 4.34. The predicted molar refractivity (Wildman–Crippen MR) is 140 cm³/mol. The lowest BCUT2D eigenvalue weighted by atomic mass is 10.1. The predicted octanol–water partition coefficient (Wildman–Crippen LogP) is 4.85. The fourth-order valence-electron chi connectivity index (χ4n) is 3.64. The molecule has 0 aliphatic carbocycles. The molecule has 3 aromatic carbocycles. The van der Waals surface area contributed by atoms with Gasteiger partial charge in [-0.3, -0.25) is 9.59 Å². The summed E-state index contributed by atoms with van der Waals surface area (Å²) in [6, 6.07) is 18.8. The first kappa shape index (κ1) is 22.3. The highest BCUT2D eigenvalue weighted by molar-refractivity contribution is 9.10. The molecule has 0 atom stereocenters. The standard InChI is InChI=1S/C26H20BrN3O3S/c1-15-11-19(27)21(12-16(15)2)28-24(31)14-33-18-9-7-17(8-10-18)13-23-25(32)30-22-6-4-3-5-20(22)29-26(30)34-23/h3-13H,14H2,1-2H3,(H,28,31). The highest BCUT2D eigenvalue weighted by atomic mass is 79.9. The number of hydrogen-bond donors (Lipinski definition) is 1. The normalized spacial score (nSPS) is 11.9. The number of halogens is 1. The molecule has 8 heteroatoms. The zero-order valence-corrected chi connectivity index (χ0v) is 20.9. The summed E-state index contributed by atoms with van der Waals surface area (Å²) < 4.78 is 8.72. The van der Waals surface area contributed by atoms with E-state index in [-0.39, 0.29) is 18.1 Å². The fourth-order valence-corrected chi connectivity index (χ4v) is 5.18. The number of carbonyl (C=O) groups is 1. The van der Waals surface area contributed by atoms with Gasteiger partial charge in [-0.15, -0.1) is 0 Å². The Kier molecular flexibility index (Phi) is 5.93. The van der Waals surface area contributed by atoms with Crippen molar-refractivity contribution in [2.24, 2.45) is 0 Å². The number of imidazole rings is 1. The summed E-state index contributed by atoms with van der Waals surface area (Å²) in [6.07, 6.45) is 1.84. The molecule has 0 aliphatic rings. The molecular weight excluding hydrogens is 514 g/mol. The SMILES string of the molecule is Cc1cc(Br)c(NC(=O)COc2ccc(C=c3sc4nc5ccccc5n4c3=O)cc2)cc1C. The van der Waals surface area contributed by atoms with Crippen LogP contribution in [0.5, 0.6) is 5.75 Å². The summed E-state index contributed by atoms with van der Waals surface area (Å²) in [6.45, 7) is 3.91. The number of para-hydroxylation sites is 2. The number of fused-ring (bicyclic) bond motifs is 3. The van der Waals surface area contributed by atoms with E-state index in [1.54, 1.807) is 16.5 Å². The van der Waals surface area contributed by atoms with Gasteiger partial charge in [-0.25, -0.2) is 9.38 Å². The number of benzene rings is 3. The van der Waals surface area contributed by atoms with Gasteiger partial charge in [0.1, 0.15) is 5.75 Å². The Bertz CT molecular complexity index is 1660. The van der Waals surface area contributed by atoms with Crippen molar-refractivity contribution in [2.75, 3.05) is 11.9 Å². The summed E-state index contributed by atoms with van der Waals surface area (Å²) in [4.78, 5) is 30.4. The largest absolute Gasteiger partial charge is 0.484 e. The van der Waals surface area contributed by atoms with Gasteiger partial charge < -0.3 is 10.1 Å². The monoisotopic (exact) mass is 533 g/mol. The molecule has 1 N–H and O–H groups in total. The molecule has 0 saturated heterocycles. The molecule has 0 bridgehead atoms. The molecule has 5 rings (SSSR count). The van der Waals surface area contributed by atoms with E-state index in [1.165, 1.54) is 11.3 Å². The van der Waals surface area contributed by atoms with Crippen molar-refractivity contribution in [2.45, 2.75) is 13.8 Å². The van der Waals surface area contributed by atoms with Gasteiger partial charge in [0.25, 0.3) is 11.5 Å². The average Bonchev–Trinajstić information content (AvgIpc) is 3.33. The van der Waals surface area contributed by atoms with Crippen LogP contribution >= 0.6 is 27.3 Å². The number of nitrogens with one attached hydrogen (secondary N) is 1. The van der Waals surface area contributed by atoms with E-state index >= 15 is 0 Å². The first-order valence-electron chi connectivity index (χ1n) is 10.6. The number of hydrogen-bond acceptors (Lipinski definition) is 5. The second-order valence-electron chi connectivity index (χ2n) is 7.96. The summed E-state index contributed by atoms with van der Waals surface area (Å²) in [5.41, 5.74) is 5.36. The smallest absolute Gasteiger partial charge is 0.274 e. The van der Waals surface area contributed by atoms with Gasteiger partial charge >= 0.3 is 0 Å². The number of anilines is 1. The molecule has 2 heterocycles. The zero-order chi connectivity index (χ0) is 23.8. The lowest BCUT2D eigenvalue weighted by Crippen LogP contribution is -2.22. The van der Waals surface area contributed by atoms with Crippen molar-refractivity contribution in [3.63, 3.8) is 0 Å². The maximum absolute atomic E-state index is 12.9. The third-order valence-corrected chi connectivity index (χ3v) is 7.18. The second-order valence-corrected chi connectivity index (χ2v) is 9.82. The Hall–Kier alpha value is -3.49. The van der Waals surface area contributed by atoms with Crippen LogP contribution in [-0.4, -0.2) is 21.9 Å². The van der Waals surface area contributed by atoms with E-state index < -0.39 is 0 Å². The third-order valence-electron chi connectivity index (χ3n) is 5.55. The quantitative estimate of drug-likeness (QED) is 0.350. The molecular formula is C26H20BrN3O3S. The Morgan fingerprint density at radius 1 is 1.12 bits per heavy atom. The molecule has 0 fully saturated rings. The van der Waals surface area contributed by atoms with E-state index in [9.17, 15) is 9.59 Å². The highest BCUT2D eigenvalue weighted by Gasteiger charge is 2.11. The highest BCUT2D eigenvalue weighted by Crippen LogP contribution is 2.26. The number of rotatable bonds is 5.